The fraction of sp³-hybridized carbons (Fsp3) is 0.636. The van der Waals surface area contributed by atoms with Crippen molar-refractivity contribution >= 4 is 0 Å². The Morgan fingerprint density at radius 3 is 1.05 bits per heavy atom. The normalized spacial score (nSPS) is 14.9. The van der Waals surface area contributed by atoms with Gasteiger partial charge in [0.15, 0.2) is 0 Å². The molecule has 4 nitrogen and oxygen atoms in total. The van der Waals surface area contributed by atoms with E-state index in [4.69, 9.17) is 9.47 Å². The van der Waals surface area contributed by atoms with Crippen molar-refractivity contribution in [3.8, 4) is 11.5 Å². The average Bonchev–Trinajstić information content (AvgIpc) is 2.74. The van der Waals surface area contributed by atoms with Crippen LogP contribution in [0.3, 0.4) is 0 Å². The van der Waals surface area contributed by atoms with Crippen molar-refractivity contribution in [2.75, 3.05) is 14.2 Å². The van der Waals surface area contributed by atoms with Crippen LogP contribution in [-0.4, -0.2) is 24.4 Å². The van der Waals surface area contributed by atoms with Crippen molar-refractivity contribution in [3.05, 3.63) is 57.6 Å². The van der Waals surface area contributed by atoms with Crippen molar-refractivity contribution in [2.45, 2.75) is 123 Å². The molecule has 2 aromatic carbocycles. The van der Waals surface area contributed by atoms with Crippen LogP contribution in [0.5, 0.6) is 11.5 Å². The van der Waals surface area contributed by atoms with E-state index in [0.717, 1.165) is 22.3 Å². The predicted molar refractivity (Wildman–Crippen MR) is 155 cm³/mol. The lowest BCUT2D eigenvalue weighted by Gasteiger charge is -2.31. The molecule has 0 bridgehead atoms. The predicted octanol–water partition coefficient (Wildman–Crippen LogP) is 8.05. The molecule has 2 aromatic rings. The van der Waals surface area contributed by atoms with Gasteiger partial charge >= 0.3 is 0 Å². The first-order valence-corrected chi connectivity index (χ1v) is 13.4. The largest absolute Gasteiger partial charge is 0.496 e. The summed E-state index contributed by atoms with van der Waals surface area (Å²) in [4.78, 5) is 0. The van der Waals surface area contributed by atoms with Crippen LogP contribution < -0.4 is 9.47 Å². The summed E-state index contributed by atoms with van der Waals surface area (Å²) in [5.41, 5.74) is 5.21. The van der Waals surface area contributed by atoms with Gasteiger partial charge in [0.2, 0.25) is 0 Å². The molecule has 2 atom stereocenters. The minimum atomic E-state index is -0.922. The number of aliphatic hydroxyl groups is 2. The third-order valence-corrected chi connectivity index (χ3v) is 7.16. The van der Waals surface area contributed by atoms with Gasteiger partial charge in [0.05, 0.1) is 26.4 Å². The van der Waals surface area contributed by atoms with Gasteiger partial charge in [-0.2, -0.15) is 0 Å². The Kier molecular flexibility index (Phi) is 8.94. The van der Waals surface area contributed by atoms with Crippen LogP contribution >= 0.6 is 0 Å². The molecule has 0 aliphatic rings. The highest BCUT2D eigenvalue weighted by atomic mass is 16.5. The van der Waals surface area contributed by atoms with Gasteiger partial charge in [-0.3, -0.25) is 0 Å². The maximum atomic E-state index is 11.6. The number of methoxy groups -OCH3 is 2. The van der Waals surface area contributed by atoms with Crippen LogP contribution in [0.4, 0.5) is 0 Å². The molecule has 0 amide bonds. The zero-order valence-electron chi connectivity index (χ0n) is 25.9. The zero-order chi connectivity index (χ0) is 28.7. The molecule has 0 aliphatic carbocycles. The van der Waals surface area contributed by atoms with E-state index in [0.29, 0.717) is 22.6 Å². The Hall–Kier alpha value is -2.04. The van der Waals surface area contributed by atoms with Gasteiger partial charge in [0.25, 0.3) is 0 Å². The standard InChI is InChI=1S/C33H52O4/c1-30(2,3)20-15-22(28(36-13)24(17-20)32(7,8)9)26(34)19-27(35)23-16-21(31(4,5)6)18-25(29(23)37-14)33(10,11)12/h15-18,26-27,34-35H,19H2,1-14H3. The van der Waals surface area contributed by atoms with Crippen LogP contribution in [-0.2, 0) is 21.7 Å². The monoisotopic (exact) mass is 512 g/mol. The van der Waals surface area contributed by atoms with Gasteiger partial charge in [-0.05, 0) is 44.9 Å². The highest BCUT2D eigenvalue weighted by molar-refractivity contribution is 5.52. The maximum absolute atomic E-state index is 11.6. The first-order valence-electron chi connectivity index (χ1n) is 13.4. The lowest BCUT2D eigenvalue weighted by atomic mass is 9.77. The van der Waals surface area contributed by atoms with Gasteiger partial charge < -0.3 is 19.7 Å². The Balaban J connectivity index is 2.69. The molecule has 37 heavy (non-hydrogen) atoms. The summed E-state index contributed by atoms with van der Waals surface area (Å²) in [7, 11) is 3.30. The number of hydrogen-bond donors (Lipinski definition) is 2. The molecule has 2 unspecified atom stereocenters. The van der Waals surface area contributed by atoms with Gasteiger partial charge in [-0.25, -0.2) is 0 Å². The molecule has 0 aromatic heterocycles. The van der Waals surface area contributed by atoms with E-state index < -0.39 is 12.2 Å². The Morgan fingerprint density at radius 2 is 0.838 bits per heavy atom. The highest BCUT2D eigenvalue weighted by Gasteiger charge is 2.32. The van der Waals surface area contributed by atoms with E-state index in [2.05, 4.69) is 95.2 Å². The van der Waals surface area contributed by atoms with E-state index >= 15 is 0 Å². The summed E-state index contributed by atoms with van der Waals surface area (Å²) >= 11 is 0. The van der Waals surface area contributed by atoms with Gasteiger partial charge in [0, 0.05) is 28.7 Å². The van der Waals surface area contributed by atoms with Crippen LogP contribution in [0.15, 0.2) is 24.3 Å². The van der Waals surface area contributed by atoms with Crippen molar-refractivity contribution in [3.63, 3.8) is 0 Å². The first-order chi connectivity index (χ1) is 16.6. The van der Waals surface area contributed by atoms with E-state index in [1.165, 1.54) is 0 Å². The molecular weight excluding hydrogens is 460 g/mol. The lowest BCUT2D eigenvalue weighted by molar-refractivity contribution is 0.0770. The summed E-state index contributed by atoms with van der Waals surface area (Å²) in [5, 5.41) is 23.2. The molecule has 0 aliphatic heterocycles. The van der Waals surface area contributed by atoms with Crippen LogP contribution in [0, 0.1) is 0 Å². The van der Waals surface area contributed by atoms with Crippen LogP contribution in [0.1, 0.15) is 135 Å². The van der Waals surface area contributed by atoms with E-state index in [9.17, 15) is 10.2 Å². The van der Waals surface area contributed by atoms with E-state index in [-0.39, 0.29) is 28.1 Å². The average molecular weight is 513 g/mol. The van der Waals surface area contributed by atoms with Crippen molar-refractivity contribution in [1.82, 2.24) is 0 Å². The molecule has 4 heteroatoms. The van der Waals surface area contributed by atoms with E-state index in [1.54, 1.807) is 14.2 Å². The van der Waals surface area contributed by atoms with E-state index in [1.807, 2.05) is 12.1 Å². The SMILES string of the molecule is COc1c(C(O)CC(O)c2cc(C(C)(C)C)cc(C(C)(C)C)c2OC)cc(C(C)(C)C)cc1C(C)(C)C. The Morgan fingerprint density at radius 1 is 0.541 bits per heavy atom. The molecular formula is C33H52O4. The minimum Gasteiger partial charge on any atom is -0.496 e. The van der Waals surface area contributed by atoms with Gasteiger partial charge in [-0.1, -0.05) is 95.2 Å². The Bertz CT molecular complexity index is 998. The molecule has 0 saturated carbocycles. The molecule has 2 rings (SSSR count). The van der Waals surface area contributed by atoms with Crippen LogP contribution in [0.2, 0.25) is 0 Å². The molecule has 0 fully saturated rings. The summed E-state index contributed by atoms with van der Waals surface area (Å²) in [6.07, 6.45) is -1.72. The number of hydrogen-bond acceptors (Lipinski definition) is 4. The van der Waals surface area contributed by atoms with Crippen molar-refractivity contribution in [1.29, 1.82) is 0 Å². The lowest BCUT2D eigenvalue weighted by Crippen LogP contribution is -2.21. The summed E-state index contributed by atoms with van der Waals surface area (Å²) in [5.74, 6) is 1.37. The topological polar surface area (TPSA) is 58.9 Å². The smallest absolute Gasteiger partial charge is 0.128 e. The third kappa shape index (κ3) is 7.09. The Labute approximate surface area is 226 Å². The summed E-state index contributed by atoms with van der Waals surface area (Å²) in [6.45, 7) is 25.9. The van der Waals surface area contributed by atoms with Crippen molar-refractivity contribution in [2.24, 2.45) is 0 Å². The van der Waals surface area contributed by atoms with Crippen LogP contribution in [0.25, 0.3) is 0 Å². The number of ether oxygens (including phenoxy) is 2. The molecule has 208 valence electrons. The number of aliphatic hydroxyl groups excluding tert-OH is 2. The third-order valence-electron chi connectivity index (χ3n) is 7.16. The molecule has 0 radical (unpaired) electrons. The highest BCUT2D eigenvalue weighted by Crippen LogP contribution is 2.45. The summed E-state index contributed by atoms with van der Waals surface area (Å²) in [6, 6.07) is 8.46. The van der Waals surface area contributed by atoms with Gasteiger partial charge in [-0.15, -0.1) is 0 Å². The summed E-state index contributed by atoms with van der Waals surface area (Å²) < 4.78 is 11.8. The second-order valence-corrected chi connectivity index (χ2v) is 14.6. The molecule has 0 saturated heterocycles. The van der Waals surface area contributed by atoms with Crippen molar-refractivity contribution < 1.29 is 19.7 Å². The second-order valence-electron chi connectivity index (χ2n) is 14.6. The first kappa shape index (κ1) is 31.2. The second kappa shape index (κ2) is 10.6. The molecule has 0 heterocycles. The molecule has 0 spiro atoms. The maximum Gasteiger partial charge on any atom is 0.128 e. The fourth-order valence-corrected chi connectivity index (χ4v) is 4.70. The zero-order valence-corrected chi connectivity index (χ0v) is 25.9. The van der Waals surface area contributed by atoms with Gasteiger partial charge in [0.1, 0.15) is 11.5 Å². The fourth-order valence-electron chi connectivity index (χ4n) is 4.70. The molecule has 2 N–H and O–H groups in total. The number of rotatable bonds is 6. The quantitative estimate of drug-likeness (QED) is 0.411. The number of benzene rings is 2. The minimum absolute atomic E-state index is 0.106.